The predicted molar refractivity (Wildman–Crippen MR) is 62.1 cm³/mol. The number of hydrogen-bond donors (Lipinski definition) is 4. The van der Waals surface area contributed by atoms with Crippen LogP contribution in [0.1, 0.15) is 26.2 Å². The Morgan fingerprint density at radius 2 is 1.88 bits per heavy atom. The van der Waals surface area contributed by atoms with E-state index in [4.69, 9.17) is 5.73 Å². The number of nitrogens with two attached hydrogens (primary N) is 1. The first kappa shape index (κ1) is 14.4. The number of rotatable bonds is 6. The molecular formula is C11H22N2O4. The summed E-state index contributed by atoms with van der Waals surface area (Å²) in [4.78, 5) is 12.8. The number of likely N-dealkylation sites (tertiary alicyclic amines) is 1. The minimum atomic E-state index is -1.03. The van der Waals surface area contributed by atoms with Gasteiger partial charge in [-0.15, -0.1) is 0 Å². The van der Waals surface area contributed by atoms with Crippen LogP contribution in [0.25, 0.3) is 0 Å². The number of hydrogen-bond acceptors (Lipinski definition) is 5. The molecule has 0 saturated carbocycles. The molecule has 0 spiro atoms. The molecule has 6 heteroatoms. The fraction of sp³-hybridized carbons (Fsp3) is 0.909. The van der Waals surface area contributed by atoms with Crippen molar-refractivity contribution in [2.75, 3.05) is 13.2 Å². The highest BCUT2D eigenvalue weighted by Crippen LogP contribution is 2.27. The van der Waals surface area contributed by atoms with E-state index in [-0.39, 0.29) is 13.0 Å². The number of carbonyl (C=O) groups is 1. The van der Waals surface area contributed by atoms with Crippen LogP contribution in [-0.4, -0.2) is 63.6 Å². The third-order valence-electron chi connectivity index (χ3n) is 3.36. The minimum Gasteiger partial charge on any atom is -0.395 e. The van der Waals surface area contributed by atoms with Crippen LogP contribution in [0.2, 0.25) is 0 Å². The topological polar surface area (TPSA) is 107 Å². The lowest BCUT2D eigenvalue weighted by Gasteiger charge is -2.28. The molecule has 0 aromatic rings. The molecule has 0 aromatic heterocycles. The van der Waals surface area contributed by atoms with E-state index in [2.05, 4.69) is 0 Å². The zero-order valence-corrected chi connectivity index (χ0v) is 10.1. The van der Waals surface area contributed by atoms with Gasteiger partial charge in [0.2, 0.25) is 5.91 Å². The van der Waals surface area contributed by atoms with Crippen LogP contribution in [0.15, 0.2) is 0 Å². The Bertz CT molecular complexity index is 262. The normalized spacial score (nSPS) is 34.1. The molecule has 1 aliphatic rings. The van der Waals surface area contributed by atoms with Gasteiger partial charge < -0.3 is 21.1 Å². The fourth-order valence-electron chi connectivity index (χ4n) is 2.42. The van der Waals surface area contributed by atoms with Gasteiger partial charge in [-0.2, -0.15) is 0 Å². The van der Waals surface area contributed by atoms with Gasteiger partial charge in [0, 0.05) is 12.5 Å². The summed E-state index contributed by atoms with van der Waals surface area (Å²) in [5.41, 5.74) is 5.14. The first-order chi connectivity index (χ1) is 8.02. The summed E-state index contributed by atoms with van der Waals surface area (Å²) in [5.74, 6) is -0.513. The van der Waals surface area contributed by atoms with Crippen LogP contribution < -0.4 is 5.73 Å². The Balaban J connectivity index is 2.78. The number of carbonyl (C=O) groups excluding carboxylic acids is 1. The maximum absolute atomic E-state index is 11.0. The molecule has 1 rings (SSSR count). The molecule has 17 heavy (non-hydrogen) atoms. The van der Waals surface area contributed by atoms with Gasteiger partial charge in [-0.1, -0.05) is 13.3 Å². The van der Waals surface area contributed by atoms with Gasteiger partial charge in [0.1, 0.15) is 0 Å². The van der Waals surface area contributed by atoms with E-state index < -0.39 is 30.2 Å². The largest absolute Gasteiger partial charge is 0.395 e. The SMILES string of the molecule is CCCCN1[C@H](CC(N)=O)[C@H](O)[C@H](O)[C@H]1CO. The zero-order valence-electron chi connectivity index (χ0n) is 10.1. The van der Waals surface area contributed by atoms with Crippen molar-refractivity contribution < 1.29 is 20.1 Å². The molecule has 1 aliphatic heterocycles. The molecule has 0 aromatic carbocycles. The molecule has 6 nitrogen and oxygen atoms in total. The maximum atomic E-state index is 11.0. The molecule has 4 atom stereocenters. The van der Waals surface area contributed by atoms with Crippen molar-refractivity contribution in [3.63, 3.8) is 0 Å². The summed E-state index contributed by atoms with van der Waals surface area (Å²) >= 11 is 0. The van der Waals surface area contributed by atoms with Crippen molar-refractivity contribution in [1.82, 2.24) is 4.90 Å². The molecule has 0 aliphatic carbocycles. The van der Waals surface area contributed by atoms with Crippen molar-refractivity contribution in [1.29, 1.82) is 0 Å². The Morgan fingerprint density at radius 3 is 2.35 bits per heavy atom. The fourth-order valence-corrected chi connectivity index (χ4v) is 2.42. The van der Waals surface area contributed by atoms with Crippen LogP contribution in [0, 0.1) is 0 Å². The van der Waals surface area contributed by atoms with Crippen molar-refractivity contribution >= 4 is 5.91 Å². The summed E-state index contributed by atoms with van der Waals surface area (Å²) in [6.07, 6.45) is -0.217. The van der Waals surface area contributed by atoms with Crippen molar-refractivity contribution in [2.24, 2.45) is 5.73 Å². The van der Waals surface area contributed by atoms with E-state index in [9.17, 15) is 20.1 Å². The number of aliphatic hydroxyl groups is 3. The molecule has 0 bridgehead atoms. The highest BCUT2D eigenvalue weighted by Gasteiger charge is 2.47. The second-order valence-electron chi connectivity index (χ2n) is 4.56. The molecule has 1 saturated heterocycles. The summed E-state index contributed by atoms with van der Waals surface area (Å²) < 4.78 is 0. The van der Waals surface area contributed by atoms with Crippen LogP contribution in [-0.2, 0) is 4.79 Å². The Kier molecular flexibility index (Phi) is 5.32. The molecule has 1 fully saturated rings. The number of aliphatic hydroxyl groups excluding tert-OH is 3. The Labute approximate surface area is 101 Å². The predicted octanol–water partition coefficient (Wildman–Crippen LogP) is -1.57. The average Bonchev–Trinajstić information content (AvgIpc) is 2.50. The average molecular weight is 246 g/mol. The third-order valence-corrected chi connectivity index (χ3v) is 3.36. The van der Waals surface area contributed by atoms with Gasteiger partial charge in [0.15, 0.2) is 0 Å². The van der Waals surface area contributed by atoms with Crippen LogP contribution in [0.4, 0.5) is 0 Å². The molecule has 1 amide bonds. The second-order valence-corrected chi connectivity index (χ2v) is 4.56. The first-order valence-corrected chi connectivity index (χ1v) is 6.04. The standard InChI is InChI=1S/C11H22N2O4/c1-2-3-4-13-7(5-9(12)15)10(16)11(17)8(13)6-14/h7-8,10-11,14,16-17H,2-6H2,1H3,(H2,12,15)/t7-,8-,10+,11-/m1/s1. The highest BCUT2D eigenvalue weighted by molar-refractivity contribution is 5.74. The van der Waals surface area contributed by atoms with E-state index in [0.717, 1.165) is 12.8 Å². The third kappa shape index (κ3) is 3.16. The number of amides is 1. The van der Waals surface area contributed by atoms with Crippen LogP contribution in [0.5, 0.6) is 0 Å². The Morgan fingerprint density at radius 1 is 1.29 bits per heavy atom. The lowest BCUT2D eigenvalue weighted by Crippen LogP contribution is -2.43. The summed E-state index contributed by atoms with van der Waals surface area (Å²) in [6.45, 7) is 2.42. The van der Waals surface area contributed by atoms with E-state index in [0.29, 0.717) is 6.54 Å². The summed E-state index contributed by atoms with van der Waals surface area (Å²) in [5, 5.41) is 28.9. The summed E-state index contributed by atoms with van der Waals surface area (Å²) in [6, 6.07) is -1.01. The van der Waals surface area contributed by atoms with E-state index in [1.165, 1.54) is 0 Å². The van der Waals surface area contributed by atoms with Crippen molar-refractivity contribution in [2.45, 2.75) is 50.5 Å². The molecule has 1 heterocycles. The molecule has 0 radical (unpaired) electrons. The quantitative estimate of drug-likeness (QED) is 0.453. The van der Waals surface area contributed by atoms with Gasteiger partial charge in [-0.25, -0.2) is 0 Å². The lowest BCUT2D eigenvalue weighted by atomic mass is 10.1. The number of nitrogens with zero attached hydrogens (tertiary/aromatic N) is 1. The Hall–Kier alpha value is -0.690. The van der Waals surface area contributed by atoms with Crippen LogP contribution in [0.3, 0.4) is 0 Å². The molecule has 5 N–H and O–H groups in total. The number of unbranched alkanes of at least 4 members (excludes halogenated alkanes) is 1. The molecule has 0 unspecified atom stereocenters. The maximum Gasteiger partial charge on any atom is 0.219 e. The van der Waals surface area contributed by atoms with Gasteiger partial charge in [0.25, 0.3) is 0 Å². The highest BCUT2D eigenvalue weighted by atomic mass is 16.3. The first-order valence-electron chi connectivity index (χ1n) is 6.04. The minimum absolute atomic E-state index is 0.00155. The van der Waals surface area contributed by atoms with Crippen molar-refractivity contribution in [3.8, 4) is 0 Å². The number of primary amides is 1. The van der Waals surface area contributed by atoms with Gasteiger partial charge >= 0.3 is 0 Å². The lowest BCUT2D eigenvalue weighted by molar-refractivity contribution is -0.120. The van der Waals surface area contributed by atoms with Gasteiger partial charge in [-0.05, 0) is 13.0 Å². The van der Waals surface area contributed by atoms with Crippen molar-refractivity contribution in [3.05, 3.63) is 0 Å². The van der Waals surface area contributed by atoms with E-state index >= 15 is 0 Å². The monoisotopic (exact) mass is 246 g/mol. The second kappa shape index (κ2) is 6.30. The van der Waals surface area contributed by atoms with Crippen LogP contribution >= 0.6 is 0 Å². The summed E-state index contributed by atoms with van der Waals surface area (Å²) in [7, 11) is 0. The molecule has 100 valence electrons. The zero-order chi connectivity index (χ0) is 13.0. The smallest absolute Gasteiger partial charge is 0.219 e. The van der Waals surface area contributed by atoms with E-state index in [1.54, 1.807) is 4.90 Å². The van der Waals surface area contributed by atoms with E-state index in [1.807, 2.05) is 6.92 Å². The van der Waals surface area contributed by atoms with Gasteiger partial charge in [-0.3, -0.25) is 9.69 Å². The van der Waals surface area contributed by atoms with Gasteiger partial charge in [0.05, 0.1) is 24.9 Å². The molecular weight excluding hydrogens is 224 g/mol.